The Balaban J connectivity index is 0.00000400. The maximum Gasteiger partial charge on any atom is 0.119 e. The largest absolute Gasteiger partial charge is 0.497 e. The average Bonchev–Trinajstić information content (AvgIpc) is 2.44. The zero-order chi connectivity index (χ0) is 15.0. The molecule has 1 unspecified atom stereocenters. The van der Waals surface area contributed by atoms with Crippen LogP contribution in [0.15, 0.2) is 18.2 Å². The Bertz CT molecular complexity index is 398. The van der Waals surface area contributed by atoms with Crippen LogP contribution in [0.5, 0.6) is 5.75 Å². The van der Waals surface area contributed by atoms with E-state index in [4.69, 9.17) is 4.74 Å². The normalized spacial score (nSPS) is 12.1. The Morgan fingerprint density at radius 2 is 1.90 bits per heavy atom. The zero-order valence-electron chi connectivity index (χ0n) is 13.7. The van der Waals surface area contributed by atoms with Gasteiger partial charge in [-0.1, -0.05) is 26.2 Å². The van der Waals surface area contributed by atoms with Crippen LogP contribution in [-0.2, 0) is 6.42 Å². The molecule has 0 amide bonds. The summed E-state index contributed by atoms with van der Waals surface area (Å²) in [5, 5.41) is 0. The predicted octanol–water partition coefficient (Wildman–Crippen LogP) is 5.16. The molecule has 0 bridgehead atoms. The Morgan fingerprint density at radius 1 is 1.19 bits per heavy atom. The van der Waals surface area contributed by atoms with Gasteiger partial charge in [0.25, 0.3) is 0 Å². The molecule has 0 aliphatic heterocycles. The van der Waals surface area contributed by atoms with Crippen molar-refractivity contribution < 1.29 is 4.74 Å². The summed E-state index contributed by atoms with van der Waals surface area (Å²) < 4.78 is 6.67. The minimum absolute atomic E-state index is 0. The number of aryl methyl sites for hydroxylation is 1. The van der Waals surface area contributed by atoms with Crippen molar-refractivity contribution in [3.05, 3.63) is 27.3 Å². The van der Waals surface area contributed by atoms with Gasteiger partial charge >= 0.3 is 0 Å². The molecule has 0 radical (unpaired) electrons. The summed E-state index contributed by atoms with van der Waals surface area (Å²) >= 11 is 2.42. The molecule has 0 saturated carbocycles. The summed E-state index contributed by atoms with van der Waals surface area (Å²) in [5.74, 6) is 0.966. The number of hydrogen-bond acceptors (Lipinski definition) is 2. The smallest absolute Gasteiger partial charge is 0.119 e. The topological polar surface area (TPSA) is 12.5 Å². The van der Waals surface area contributed by atoms with Crippen molar-refractivity contribution in [2.24, 2.45) is 0 Å². The lowest BCUT2D eigenvalue weighted by Gasteiger charge is -2.24. The summed E-state index contributed by atoms with van der Waals surface area (Å²) in [4.78, 5) is 2.38. The Labute approximate surface area is 150 Å². The zero-order valence-corrected chi connectivity index (χ0v) is 16.7. The lowest BCUT2D eigenvalue weighted by Crippen LogP contribution is -2.28. The summed E-state index contributed by atoms with van der Waals surface area (Å²) in [6.07, 6.45) is 7.65. The van der Waals surface area contributed by atoms with Crippen LogP contribution in [0.4, 0.5) is 0 Å². The third-order valence-electron chi connectivity index (χ3n) is 3.87. The SMILES string of the molecule is CCCCCC(CCc1cc(OC)ccc1I)N(C)C.Cl. The van der Waals surface area contributed by atoms with Crippen molar-refractivity contribution in [2.45, 2.75) is 51.5 Å². The predicted molar refractivity (Wildman–Crippen MR) is 103 cm³/mol. The molecule has 0 fully saturated rings. The molecule has 1 rings (SSSR count). The molecular formula is C17H29ClINO. The van der Waals surface area contributed by atoms with Gasteiger partial charge in [-0.2, -0.15) is 0 Å². The van der Waals surface area contributed by atoms with Gasteiger partial charge in [-0.3, -0.25) is 0 Å². The molecular weight excluding hydrogens is 397 g/mol. The second kappa shape index (κ2) is 11.6. The highest BCUT2D eigenvalue weighted by Gasteiger charge is 2.12. The van der Waals surface area contributed by atoms with E-state index < -0.39 is 0 Å². The maximum absolute atomic E-state index is 5.33. The summed E-state index contributed by atoms with van der Waals surface area (Å²) in [6.45, 7) is 2.27. The minimum atomic E-state index is 0. The fraction of sp³-hybridized carbons (Fsp3) is 0.647. The highest BCUT2D eigenvalue weighted by atomic mass is 127. The summed E-state index contributed by atoms with van der Waals surface area (Å²) in [5.41, 5.74) is 1.41. The summed E-state index contributed by atoms with van der Waals surface area (Å²) in [6, 6.07) is 7.05. The number of halogens is 2. The van der Waals surface area contributed by atoms with Gasteiger partial charge in [0, 0.05) is 9.61 Å². The van der Waals surface area contributed by atoms with E-state index in [1.165, 1.54) is 41.2 Å². The van der Waals surface area contributed by atoms with E-state index in [9.17, 15) is 0 Å². The molecule has 0 aromatic heterocycles. The van der Waals surface area contributed by atoms with Gasteiger partial charge in [-0.15, -0.1) is 12.4 Å². The molecule has 122 valence electrons. The van der Waals surface area contributed by atoms with Crippen LogP contribution in [0.3, 0.4) is 0 Å². The van der Waals surface area contributed by atoms with Crippen LogP contribution in [-0.4, -0.2) is 32.1 Å². The van der Waals surface area contributed by atoms with Crippen molar-refractivity contribution in [3.63, 3.8) is 0 Å². The maximum atomic E-state index is 5.33. The molecule has 0 saturated heterocycles. The van der Waals surface area contributed by atoms with E-state index in [1.807, 2.05) is 6.07 Å². The van der Waals surface area contributed by atoms with Crippen LogP contribution in [0.1, 0.15) is 44.6 Å². The number of benzene rings is 1. The molecule has 2 nitrogen and oxygen atoms in total. The van der Waals surface area contributed by atoms with Crippen LogP contribution in [0.2, 0.25) is 0 Å². The monoisotopic (exact) mass is 425 g/mol. The highest BCUT2D eigenvalue weighted by molar-refractivity contribution is 14.1. The standard InChI is InChI=1S/C17H28INO.ClH/c1-5-6-7-8-15(19(2)3)10-9-14-13-16(20-4)11-12-17(14)18;/h11-13,15H,5-10H2,1-4H3;1H. The van der Waals surface area contributed by atoms with E-state index in [1.54, 1.807) is 7.11 Å². The molecule has 4 heteroatoms. The van der Waals surface area contributed by atoms with Crippen LogP contribution < -0.4 is 4.74 Å². The molecule has 1 aromatic rings. The molecule has 0 heterocycles. The van der Waals surface area contributed by atoms with Crippen molar-refractivity contribution in [3.8, 4) is 5.75 Å². The number of methoxy groups -OCH3 is 1. The number of unbranched alkanes of at least 4 members (excludes halogenated alkanes) is 2. The second-order valence-electron chi connectivity index (χ2n) is 5.61. The molecule has 0 spiro atoms. The van der Waals surface area contributed by atoms with Crippen molar-refractivity contribution in [1.29, 1.82) is 0 Å². The van der Waals surface area contributed by atoms with E-state index >= 15 is 0 Å². The third kappa shape index (κ3) is 7.71. The first-order valence-corrected chi connectivity index (χ1v) is 8.65. The highest BCUT2D eigenvalue weighted by Crippen LogP contribution is 2.22. The number of ether oxygens (including phenoxy) is 1. The molecule has 0 aliphatic carbocycles. The average molecular weight is 426 g/mol. The first kappa shape index (κ1) is 21.0. The fourth-order valence-electron chi connectivity index (χ4n) is 2.48. The Morgan fingerprint density at radius 3 is 2.48 bits per heavy atom. The number of hydrogen-bond donors (Lipinski definition) is 0. The van der Waals surface area contributed by atoms with Gasteiger partial charge in [-0.25, -0.2) is 0 Å². The van der Waals surface area contributed by atoms with E-state index in [0.29, 0.717) is 6.04 Å². The molecule has 1 atom stereocenters. The van der Waals surface area contributed by atoms with Crippen LogP contribution in [0.25, 0.3) is 0 Å². The second-order valence-corrected chi connectivity index (χ2v) is 6.77. The Hall–Kier alpha value is -0.000000000000000111. The van der Waals surface area contributed by atoms with E-state index in [0.717, 1.165) is 12.2 Å². The lowest BCUT2D eigenvalue weighted by atomic mass is 9.99. The Kier molecular flexibility index (Phi) is 11.6. The van der Waals surface area contributed by atoms with E-state index in [-0.39, 0.29) is 12.4 Å². The minimum Gasteiger partial charge on any atom is -0.497 e. The van der Waals surface area contributed by atoms with Gasteiger partial charge in [0.2, 0.25) is 0 Å². The van der Waals surface area contributed by atoms with Crippen molar-refractivity contribution in [2.75, 3.05) is 21.2 Å². The molecule has 1 aromatic carbocycles. The van der Waals surface area contributed by atoms with Crippen LogP contribution in [0, 0.1) is 3.57 Å². The first-order valence-electron chi connectivity index (χ1n) is 7.57. The van der Waals surface area contributed by atoms with Gasteiger partial charge in [0.1, 0.15) is 5.75 Å². The molecule has 0 aliphatic rings. The van der Waals surface area contributed by atoms with Gasteiger partial charge in [0.05, 0.1) is 7.11 Å². The number of nitrogens with zero attached hydrogens (tertiary/aromatic N) is 1. The fourth-order valence-corrected chi connectivity index (χ4v) is 3.09. The van der Waals surface area contributed by atoms with Crippen molar-refractivity contribution in [1.82, 2.24) is 4.90 Å². The van der Waals surface area contributed by atoms with Crippen molar-refractivity contribution >= 4 is 35.0 Å². The van der Waals surface area contributed by atoms with Crippen LogP contribution >= 0.6 is 35.0 Å². The van der Waals surface area contributed by atoms with Gasteiger partial charge in [-0.05, 0) is 79.7 Å². The molecule has 21 heavy (non-hydrogen) atoms. The van der Waals surface area contributed by atoms with Gasteiger partial charge in [0.15, 0.2) is 0 Å². The third-order valence-corrected chi connectivity index (χ3v) is 4.92. The van der Waals surface area contributed by atoms with E-state index in [2.05, 4.69) is 60.6 Å². The lowest BCUT2D eigenvalue weighted by molar-refractivity contribution is 0.258. The summed E-state index contributed by atoms with van der Waals surface area (Å²) in [7, 11) is 6.14. The number of rotatable bonds is 9. The van der Waals surface area contributed by atoms with Gasteiger partial charge < -0.3 is 9.64 Å². The molecule has 0 N–H and O–H groups in total. The first-order chi connectivity index (χ1) is 9.58. The quantitative estimate of drug-likeness (QED) is 0.400.